The van der Waals surface area contributed by atoms with Crippen LogP contribution in [-0.2, 0) is 0 Å². The highest BCUT2D eigenvalue weighted by atomic mass is 16.5. The molecule has 0 heterocycles. The highest BCUT2D eigenvalue weighted by Crippen LogP contribution is 2.34. The maximum absolute atomic E-state index is 12.3. The first-order chi connectivity index (χ1) is 11.5. The Morgan fingerprint density at radius 2 is 1.75 bits per heavy atom. The van der Waals surface area contributed by atoms with Crippen molar-refractivity contribution < 1.29 is 19.4 Å². The van der Waals surface area contributed by atoms with E-state index in [4.69, 9.17) is 9.47 Å². The molecule has 1 N–H and O–H groups in total. The first-order valence-corrected chi connectivity index (χ1v) is 7.41. The van der Waals surface area contributed by atoms with Crippen LogP contribution < -0.4 is 14.4 Å². The van der Waals surface area contributed by atoms with Gasteiger partial charge < -0.3 is 19.5 Å². The Labute approximate surface area is 141 Å². The van der Waals surface area contributed by atoms with E-state index in [1.165, 1.54) is 32.4 Å². The summed E-state index contributed by atoms with van der Waals surface area (Å²) in [6.07, 6.45) is 2.95. The number of benzene rings is 2. The number of hydrogen-bond acceptors (Lipinski definition) is 5. The van der Waals surface area contributed by atoms with E-state index in [2.05, 4.69) is 0 Å². The van der Waals surface area contributed by atoms with Crippen molar-refractivity contribution in [3.05, 3.63) is 53.6 Å². The number of carbonyl (C=O) groups excluding carboxylic acids is 1. The lowest BCUT2D eigenvalue weighted by atomic mass is 10.1. The monoisotopic (exact) mass is 327 g/mol. The van der Waals surface area contributed by atoms with Crippen molar-refractivity contribution >= 4 is 17.5 Å². The van der Waals surface area contributed by atoms with Gasteiger partial charge in [0.1, 0.15) is 17.2 Å². The van der Waals surface area contributed by atoms with E-state index in [9.17, 15) is 9.90 Å². The molecule has 0 spiro atoms. The van der Waals surface area contributed by atoms with Gasteiger partial charge in [0.2, 0.25) is 0 Å². The first kappa shape index (κ1) is 17.4. The summed E-state index contributed by atoms with van der Waals surface area (Å²) in [5.74, 6) is 0.738. The number of hydrogen-bond donors (Lipinski definition) is 1. The van der Waals surface area contributed by atoms with E-state index in [1.54, 1.807) is 18.2 Å². The van der Waals surface area contributed by atoms with E-state index in [0.29, 0.717) is 22.6 Å². The average Bonchev–Trinajstić information content (AvgIpc) is 2.59. The molecule has 0 aliphatic rings. The fourth-order valence-electron chi connectivity index (χ4n) is 2.22. The Morgan fingerprint density at radius 3 is 2.29 bits per heavy atom. The second-order valence-corrected chi connectivity index (χ2v) is 5.40. The lowest BCUT2D eigenvalue weighted by Gasteiger charge is -2.12. The highest BCUT2D eigenvalue weighted by molar-refractivity contribution is 6.07. The maximum Gasteiger partial charge on any atom is 0.185 e. The Kier molecular flexibility index (Phi) is 5.47. The third kappa shape index (κ3) is 3.87. The predicted octanol–water partition coefficient (Wildman–Crippen LogP) is 3.37. The van der Waals surface area contributed by atoms with Crippen LogP contribution in [0.15, 0.2) is 42.5 Å². The van der Waals surface area contributed by atoms with E-state index in [1.807, 2.05) is 31.1 Å². The van der Waals surface area contributed by atoms with Gasteiger partial charge in [0.15, 0.2) is 5.78 Å². The highest BCUT2D eigenvalue weighted by Gasteiger charge is 2.10. The molecular formula is C19H21NO4. The van der Waals surface area contributed by atoms with Gasteiger partial charge in [-0.05, 0) is 36.4 Å². The number of ketones is 1. The van der Waals surface area contributed by atoms with E-state index in [-0.39, 0.29) is 11.5 Å². The third-order valence-corrected chi connectivity index (χ3v) is 3.62. The van der Waals surface area contributed by atoms with Gasteiger partial charge in [0, 0.05) is 37.5 Å². The summed E-state index contributed by atoms with van der Waals surface area (Å²) in [7, 11) is 6.88. The third-order valence-electron chi connectivity index (χ3n) is 3.62. The van der Waals surface area contributed by atoms with Crippen LogP contribution in [0.4, 0.5) is 5.69 Å². The van der Waals surface area contributed by atoms with Crippen molar-refractivity contribution in [1.82, 2.24) is 0 Å². The molecule has 0 amide bonds. The molecule has 0 radical (unpaired) electrons. The second-order valence-electron chi connectivity index (χ2n) is 5.40. The molecule has 5 nitrogen and oxygen atoms in total. The normalized spacial score (nSPS) is 10.7. The minimum atomic E-state index is -0.155. The molecule has 0 bridgehead atoms. The molecule has 0 saturated heterocycles. The standard InChI is InChI=1S/C19H21NO4/c1-20(2)14-7-5-13(6-8-14)17(21)10-9-16-18(22)11-15(23-3)12-19(16)24-4/h5-12,22H,1-4H3/b10-9+. The molecule has 0 aromatic heterocycles. The van der Waals surface area contributed by atoms with Crippen molar-refractivity contribution in [1.29, 1.82) is 0 Å². The van der Waals surface area contributed by atoms with Crippen LogP contribution in [0.25, 0.3) is 6.08 Å². The largest absolute Gasteiger partial charge is 0.507 e. The summed E-state index contributed by atoms with van der Waals surface area (Å²) >= 11 is 0. The van der Waals surface area contributed by atoms with Crippen molar-refractivity contribution in [2.45, 2.75) is 0 Å². The van der Waals surface area contributed by atoms with Gasteiger partial charge in [0.25, 0.3) is 0 Å². The first-order valence-electron chi connectivity index (χ1n) is 7.41. The number of aromatic hydroxyl groups is 1. The molecule has 126 valence electrons. The van der Waals surface area contributed by atoms with Crippen LogP contribution >= 0.6 is 0 Å². The summed E-state index contributed by atoms with van der Waals surface area (Å²) < 4.78 is 10.3. The number of allylic oxidation sites excluding steroid dienone is 1. The van der Waals surface area contributed by atoms with Crippen LogP contribution in [0.5, 0.6) is 17.2 Å². The van der Waals surface area contributed by atoms with Crippen LogP contribution in [0.3, 0.4) is 0 Å². The van der Waals surface area contributed by atoms with Gasteiger partial charge in [-0.2, -0.15) is 0 Å². The molecule has 5 heteroatoms. The molecular weight excluding hydrogens is 306 g/mol. The number of methoxy groups -OCH3 is 2. The van der Waals surface area contributed by atoms with Gasteiger partial charge in [-0.3, -0.25) is 4.79 Å². The zero-order valence-corrected chi connectivity index (χ0v) is 14.2. The maximum atomic E-state index is 12.3. The fourth-order valence-corrected chi connectivity index (χ4v) is 2.22. The summed E-state index contributed by atoms with van der Waals surface area (Å²) in [6, 6.07) is 10.4. The molecule has 0 atom stereocenters. The molecule has 24 heavy (non-hydrogen) atoms. The topological polar surface area (TPSA) is 59.0 Å². The Morgan fingerprint density at radius 1 is 1.08 bits per heavy atom. The molecule has 0 fully saturated rings. The fraction of sp³-hybridized carbons (Fsp3) is 0.211. The smallest absolute Gasteiger partial charge is 0.185 e. The quantitative estimate of drug-likeness (QED) is 0.651. The Hall–Kier alpha value is -2.95. The van der Waals surface area contributed by atoms with Gasteiger partial charge in [0.05, 0.1) is 19.8 Å². The molecule has 0 saturated carbocycles. The molecule has 0 aliphatic carbocycles. The number of phenolic OH excluding ortho intramolecular Hbond substituents is 1. The zero-order chi connectivity index (χ0) is 17.7. The van der Waals surface area contributed by atoms with Gasteiger partial charge >= 0.3 is 0 Å². The van der Waals surface area contributed by atoms with E-state index >= 15 is 0 Å². The summed E-state index contributed by atoms with van der Waals surface area (Å²) in [4.78, 5) is 14.2. The number of rotatable bonds is 6. The molecule has 2 aromatic carbocycles. The van der Waals surface area contributed by atoms with Crippen LogP contribution in [0, 0.1) is 0 Å². The molecule has 0 unspecified atom stereocenters. The van der Waals surface area contributed by atoms with E-state index in [0.717, 1.165) is 5.69 Å². The summed E-state index contributed by atoms with van der Waals surface area (Å²) in [5.41, 5.74) is 2.02. The van der Waals surface area contributed by atoms with Crippen molar-refractivity contribution in [3.63, 3.8) is 0 Å². The molecule has 2 aromatic rings. The average molecular weight is 327 g/mol. The number of anilines is 1. The Bertz CT molecular complexity index is 749. The summed E-state index contributed by atoms with van der Waals surface area (Å²) in [6.45, 7) is 0. The van der Waals surface area contributed by atoms with Crippen molar-refractivity contribution in [2.75, 3.05) is 33.2 Å². The number of phenols is 1. The van der Waals surface area contributed by atoms with Crippen LogP contribution in [0.1, 0.15) is 15.9 Å². The van der Waals surface area contributed by atoms with E-state index < -0.39 is 0 Å². The minimum absolute atomic E-state index is 0.0156. The number of nitrogens with zero attached hydrogens (tertiary/aromatic N) is 1. The van der Waals surface area contributed by atoms with Crippen LogP contribution in [0.2, 0.25) is 0 Å². The van der Waals surface area contributed by atoms with Gasteiger partial charge in [-0.1, -0.05) is 0 Å². The lowest BCUT2D eigenvalue weighted by molar-refractivity contribution is 0.104. The molecule has 2 rings (SSSR count). The minimum Gasteiger partial charge on any atom is -0.507 e. The predicted molar refractivity (Wildman–Crippen MR) is 95.3 cm³/mol. The number of ether oxygens (including phenoxy) is 2. The molecule has 0 aliphatic heterocycles. The number of carbonyl (C=O) groups is 1. The lowest BCUT2D eigenvalue weighted by Crippen LogP contribution is -2.08. The van der Waals surface area contributed by atoms with Gasteiger partial charge in [-0.15, -0.1) is 0 Å². The Balaban J connectivity index is 2.25. The van der Waals surface area contributed by atoms with Crippen molar-refractivity contribution in [3.8, 4) is 17.2 Å². The SMILES string of the molecule is COc1cc(O)c(/C=C/C(=O)c2ccc(N(C)C)cc2)c(OC)c1. The van der Waals surface area contributed by atoms with Crippen LogP contribution in [-0.4, -0.2) is 39.2 Å². The van der Waals surface area contributed by atoms with Crippen molar-refractivity contribution in [2.24, 2.45) is 0 Å². The second kappa shape index (κ2) is 7.55. The zero-order valence-electron chi connectivity index (χ0n) is 14.2. The summed E-state index contributed by atoms with van der Waals surface area (Å²) in [5, 5.41) is 10.1. The van der Waals surface area contributed by atoms with Gasteiger partial charge in [-0.25, -0.2) is 0 Å².